The van der Waals surface area contributed by atoms with Crippen molar-refractivity contribution in [3.8, 4) is 0 Å². The second kappa shape index (κ2) is 4.08. The molecule has 5 nitrogen and oxygen atoms in total. The molecule has 2 fully saturated rings. The van der Waals surface area contributed by atoms with E-state index in [1.54, 1.807) is 6.07 Å². The molecule has 0 amide bonds. The first-order chi connectivity index (χ1) is 8.47. The Kier molecular flexibility index (Phi) is 2.76. The van der Waals surface area contributed by atoms with E-state index in [0.717, 1.165) is 12.8 Å². The molecule has 0 spiro atoms. The van der Waals surface area contributed by atoms with E-state index < -0.39 is 10.0 Å². The molecule has 0 atom stereocenters. The van der Waals surface area contributed by atoms with E-state index in [-0.39, 0.29) is 10.6 Å². The number of rotatable bonds is 6. The Balaban J connectivity index is 1.67. The van der Waals surface area contributed by atoms with E-state index in [1.807, 2.05) is 6.92 Å². The van der Waals surface area contributed by atoms with Gasteiger partial charge in [-0.2, -0.15) is 0 Å². The van der Waals surface area contributed by atoms with E-state index >= 15 is 0 Å². The van der Waals surface area contributed by atoms with Gasteiger partial charge in [-0.25, -0.2) is 13.1 Å². The van der Waals surface area contributed by atoms with Gasteiger partial charge in [0.2, 0.25) is 5.09 Å². The number of hydrogen-bond acceptors (Lipinski definition) is 4. The average Bonchev–Trinajstić information content (AvgIpc) is 3.18. The van der Waals surface area contributed by atoms with Crippen molar-refractivity contribution in [3.05, 3.63) is 17.9 Å². The van der Waals surface area contributed by atoms with Gasteiger partial charge in [0.05, 0.1) is 6.54 Å². The highest BCUT2D eigenvalue weighted by Crippen LogP contribution is 2.36. The van der Waals surface area contributed by atoms with Gasteiger partial charge < -0.3 is 9.73 Å². The third kappa shape index (κ3) is 2.76. The van der Waals surface area contributed by atoms with Crippen molar-refractivity contribution in [1.82, 2.24) is 10.0 Å². The van der Waals surface area contributed by atoms with E-state index in [0.29, 0.717) is 18.3 Å². The molecule has 3 rings (SSSR count). The second-order valence-corrected chi connectivity index (χ2v) is 7.16. The van der Waals surface area contributed by atoms with Crippen LogP contribution in [0.25, 0.3) is 0 Å². The van der Waals surface area contributed by atoms with Crippen LogP contribution in [0.15, 0.2) is 21.6 Å². The maximum atomic E-state index is 12.0. The molecule has 100 valence electrons. The maximum Gasteiger partial charge on any atom is 0.274 e. The van der Waals surface area contributed by atoms with Gasteiger partial charge in [-0.05, 0) is 44.7 Å². The minimum Gasteiger partial charge on any atom is -0.447 e. The van der Waals surface area contributed by atoms with Crippen LogP contribution >= 0.6 is 0 Å². The van der Waals surface area contributed by atoms with Gasteiger partial charge in [0, 0.05) is 11.6 Å². The maximum absolute atomic E-state index is 12.0. The molecule has 0 aromatic carbocycles. The van der Waals surface area contributed by atoms with Gasteiger partial charge in [0.25, 0.3) is 10.0 Å². The molecular weight excluding hydrogens is 252 g/mol. The van der Waals surface area contributed by atoms with Gasteiger partial charge in [-0.1, -0.05) is 0 Å². The number of hydrogen-bond donors (Lipinski definition) is 2. The van der Waals surface area contributed by atoms with Crippen LogP contribution in [0.5, 0.6) is 0 Å². The van der Waals surface area contributed by atoms with Gasteiger partial charge in [0.15, 0.2) is 0 Å². The minimum atomic E-state index is -3.50. The molecule has 0 unspecified atom stereocenters. The van der Waals surface area contributed by atoms with Crippen molar-refractivity contribution in [1.29, 1.82) is 0 Å². The van der Waals surface area contributed by atoms with E-state index in [4.69, 9.17) is 4.42 Å². The van der Waals surface area contributed by atoms with Crippen molar-refractivity contribution >= 4 is 10.0 Å². The molecule has 0 radical (unpaired) electrons. The van der Waals surface area contributed by atoms with Crippen LogP contribution in [0.3, 0.4) is 0 Å². The number of furan rings is 1. The summed E-state index contributed by atoms with van der Waals surface area (Å²) >= 11 is 0. The summed E-state index contributed by atoms with van der Waals surface area (Å²) in [5.74, 6) is 0.670. The average molecular weight is 270 g/mol. The lowest BCUT2D eigenvalue weighted by molar-refractivity contribution is 0.397. The fourth-order valence-electron chi connectivity index (χ4n) is 1.79. The summed E-state index contributed by atoms with van der Waals surface area (Å²) in [5.41, 5.74) is -0.266. The molecule has 1 aromatic heterocycles. The Hall–Kier alpha value is -0.850. The molecule has 0 saturated heterocycles. The topological polar surface area (TPSA) is 71.3 Å². The Morgan fingerprint density at radius 2 is 2.11 bits per heavy atom. The zero-order valence-corrected chi connectivity index (χ0v) is 11.2. The van der Waals surface area contributed by atoms with Crippen LogP contribution in [0.4, 0.5) is 0 Å². The molecule has 1 aromatic rings. The fraction of sp³-hybridized carbons (Fsp3) is 0.667. The van der Waals surface area contributed by atoms with Gasteiger partial charge >= 0.3 is 0 Å². The van der Waals surface area contributed by atoms with Crippen molar-refractivity contribution in [2.45, 2.75) is 55.8 Å². The summed E-state index contributed by atoms with van der Waals surface area (Å²) in [6.45, 7) is 2.50. The SMILES string of the molecule is CC1(NS(=O)(=O)c2ccc(CNC3CC3)o2)CC1. The molecule has 18 heavy (non-hydrogen) atoms. The highest BCUT2D eigenvalue weighted by Gasteiger charge is 2.42. The van der Waals surface area contributed by atoms with E-state index in [1.165, 1.54) is 18.9 Å². The first-order valence-corrected chi connectivity index (χ1v) is 7.81. The van der Waals surface area contributed by atoms with Crippen LogP contribution in [0.2, 0.25) is 0 Å². The van der Waals surface area contributed by atoms with Crippen molar-refractivity contribution in [2.75, 3.05) is 0 Å². The zero-order chi connectivity index (χ0) is 12.8. The van der Waals surface area contributed by atoms with Gasteiger partial charge in [-0.3, -0.25) is 0 Å². The molecule has 2 aliphatic rings. The third-order valence-corrected chi connectivity index (χ3v) is 4.94. The smallest absolute Gasteiger partial charge is 0.274 e. The molecular formula is C12H18N2O3S. The Morgan fingerprint density at radius 1 is 1.39 bits per heavy atom. The molecule has 2 saturated carbocycles. The van der Waals surface area contributed by atoms with Gasteiger partial charge in [0.1, 0.15) is 5.76 Å². The van der Waals surface area contributed by atoms with Crippen LogP contribution in [0.1, 0.15) is 38.4 Å². The summed E-state index contributed by atoms with van der Waals surface area (Å²) in [4.78, 5) is 0. The highest BCUT2D eigenvalue weighted by molar-refractivity contribution is 7.89. The summed E-state index contributed by atoms with van der Waals surface area (Å²) < 4.78 is 32.1. The summed E-state index contributed by atoms with van der Waals surface area (Å²) in [6.07, 6.45) is 4.18. The molecule has 6 heteroatoms. The Morgan fingerprint density at radius 3 is 2.72 bits per heavy atom. The monoisotopic (exact) mass is 270 g/mol. The lowest BCUT2D eigenvalue weighted by Gasteiger charge is -2.09. The van der Waals surface area contributed by atoms with Crippen LogP contribution in [-0.2, 0) is 16.6 Å². The molecule has 2 N–H and O–H groups in total. The third-order valence-electron chi connectivity index (χ3n) is 3.42. The van der Waals surface area contributed by atoms with E-state index in [9.17, 15) is 8.42 Å². The summed E-state index contributed by atoms with van der Waals surface area (Å²) in [7, 11) is -3.50. The van der Waals surface area contributed by atoms with E-state index in [2.05, 4.69) is 10.0 Å². The normalized spacial score (nSPS) is 22.1. The predicted octanol–water partition coefficient (Wildman–Crippen LogP) is 1.36. The Bertz CT molecular complexity index is 541. The fourth-order valence-corrected chi connectivity index (χ4v) is 3.21. The first kappa shape index (κ1) is 12.2. The number of nitrogens with one attached hydrogen (secondary N) is 2. The Labute approximate surface area is 107 Å². The largest absolute Gasteiger partial charge is 0.447 e. The van der Waals surface area contributed by atoms with Crippen LogP contribution in [0, 0.1) is 0 Å². The summed E-state index contributed by atoms with van der Waals surface area (Å²) in [6, 6.07) is 3.83. The number of sulfonamides is 1. The highest BCUT2D eigenvalue weighted by atomic mass is 32.2. The lowest BCUT2D eigenvalue weighted by Crippen LogP contribution is -2.33. The van der Waals surface area contributed by atoms with Crippen LogP contribution < -0.4 is 10.0 Å². The second-order valence-electron chi connectivity index (χ2n) is 5.54. The molecule has 1 heterocycles. The summed E-state index contributed by atoms with van der Waals surface area (Å²) in [5, 5.41) is 3.31. The first-order valence-electron chi connectivity index (χ1n) is 6.33. The quantitative estimate of drug-likeness (QED) is 0.819. The van der Waals surface area contributed by atoms with Crippen molar-refractivity contribution < 1.29 is 12.8 Å². The molecule has 0 aliphatic heterocycles. The predicted molar refractivity (Wildman–Crippen MR) is 66.5 cm³/mol. The molecule has 2 aliphatic carbocycles. The minimum absolute atomic E-state index is 0.0169. The van der Waals surface area contributed by atoms with Crippen molar-refractivity contribution in [2.24, 2.45) is 0 Å². The lowest BCUT2D eigenvalue weighted by atomic mass is 10.4. The van der Waals surface area contributed by atoms with Gasteiger partial charge in [-0.15, -0.1) is 0 Å². The zero-order valence-electron chi connectivity index (χ0n) is 10.4. The van der Waals surface area contributed by atoms with Crippen LogP contribution in [-0.4, -0.2) is 20.0 Å². The van der Waals surface area contributed by atoms with Crippen molar-refractivity contribution in [3.63, 3.8) is 0 Å². The molecule has 0 bridgehead atoms. The standard InChI is InChI=1S/C12H18N2O3S/c1-12(6-7-12)14-18(15,16)11-5-4-10(17-11)8-13-9-2-3-9/h4-5,9,13-14H,2-3,6-8H2,1H3.